The van der Waals surface area contributed by atoms with Crippen LogP contribution in [0.25, 0.3) is 11.3 Å². The summed E-state index contributed by atoms with van der Waals surface area (Å²) in [5.41, 5.74) is 4.62. The van der Waals surface area contributed by atoms with Gasteiger partial charge in [-0.25, -0.2) is 4.39 Å². The summed E-state index contributed by atoms with van der Waals surface area (Å²) in [4.78, 5) is 12.0. The molecule has 7 heteroatoms. The minimum Gasteiger partial charge on any atom is -0.325 e. The fourth-order valence-corrected chi connectivity index (χ4v) is 3.35. The number of hydrogen-bond acceptors (Lipinski definition) is 4. The smallest absolute Gasteiger partial charge is 0.234 e. The highest BCUT2D eigenvalue weighted by molar-refractivity contribution is 7.99. The first kappa shape index (κ1) is 19.3. The summed E-state index contributed by atoms with van der Waals surface area (Å²) >= 11 is 6.98. The number of rotatable bonds is 5. The first-order chi connectivity index (χ1) is 12.9. The van der Waals surface area contributed by atoms with Crippen LogP contribution in [0.3, 0.4) is 0 Å². The molecule has 0 unspecified atom stereocenters. The summed E-state index contributed by atoms with van der Waals surface area (Å²) < 4.78 is 13.1. The van der Waals surface area contributed by atoms with Crippen molar-refractivity contribution in [2.24, 2.45) is 0 Å². The molecule has 0 bridgehead atoms. The molecule has 0 saturated carbocycles. The number of amides is 1. The Hall–Kier alpha value is -2.44. The van der Waals surface area contributed by atoms with Gasteiger partial charge in [-0.3, -0.25) is 4.79 Å². The number of hydrogen-bond donors (Lipinski definition) is 1. The van der Waals surface area contributed by atoms with Crippen LogP contribution in [0.4, 0.5) is 10.1 Å². The number of carbonyl (C=O) groups excluding carboxylic acids is 1. The van der Waals surface area contributed by atoms with Crippen molar-refractivity contribution in [1.29, 1.82) is 0 Å². The Morgan fingerprint density at radius 2 is 1.93 bits per heavy atom. The van der Waals surface area contributed by atoms with E-state index >= 15 is 0 Å². The molecule has 0 aliphatic carbocycles. The van der Waals surface area contributed by atoms with Crippen molar-refractivity contribution >= 4 is 35.0 Å². The third kappa shape index (κ3) is 5.05. The molecule has 1 amide bonds. The zero-order chi connectivity index (χ0) is 19.4. The van der Waals surface area contributed by atoms with Crippen LogP contribution in [0.5, 0.6) is 0 Å². The Morgan fingerprint density at radius 1 is 1.11 bits per heavy atom. The van der Waals surface area contributed by atoms with Crippen LogP contribution in [0.2, 0.25) is 5.02 Å². The van der Waals surface area contributed by atoms with Gasteiger partial charge >= 0.3 is 0 Å². The van der Waals surface area contributed by atoms with Crippen LogP contribution < -0.4 is 5.32 Å². The maximum Gasteiger partial charge on any atom is 0.234 e. The Morgan fingerprint density at radius 3 is 2.59 bits per heavy atom. The molecule has 0 radical (unpaired) electrons. The van der Waals surface area contributed by atoms with Gasteiger partial charge in [0.25, 0.3) is 0 Å². The van der Waals surface area contributed by atoms with Gasteiger partial charge in [0.15, 0.2) is 0 Å². The highest BCUT2D eigenvalue weighted by Crippen LogP contribution is 2.24. The summed E-state index contributed by atoms with van der Waals surface area (Å²) in [6.45, 7) is 4.09. The van der Waals surface area contributed by atoms with Gasteiger partial charge in [0.2, 0.25) is 5.91 Å². The SMILES string of the molecule is Cc1ccc(-c2ccc(SCC(=O)Nc3ccc(F)c(Cl)c3)nn2)c(C)c1. The summed E-state index contributed by atoms with van der Waals surface area (Å²) in [5.74, 6) is -0.599. The van der Waals surface area contributed by atoms with Gasteiger partial charge in [0, 0.05) is 11.3 Å². The van der Waals surface area contributed by atoms with Gasteiger partial charge in [-0.05, 0) is 49.7 Å². The Balaban J connectivity index is 1.59. The predicted molar refractivity (Wildman–Crippen MR) is 108 cm³/mol. The van der Waals surface area contributed by atoms with Gasteiger partial charge in [0.1, 0.15) is 10.8 Å². The van der Waals surface area contributed by atoms with Crippen LogP contribution in [0.1, 0.15) is 11.1 Å². The monoisotopic (exact) mass is 401 g/mol. The van der Waals surface area contributed by atoms with Crippen molar-refractivity contribution in [1.82, 2.24) is 10.2 Å². The fourth-order valence-electron chi connectivity index (χ4n) is 2.55. The maximum absolute atomic E-state index is 13.1. The number of thioether (sulfide) groups is 1. The third-order valence-electron chi connectivity index (χ3n) is 3.85. The highest BCUT2D eigenvalue weighted by Gasteiger charge is 2.09. The minimum atomic E-state index is -0.525. The normalized spacial score (nSPS) is 10.7. The van der Waals surface area contributed by atoms with Gasteiger partial charge < -0.3 is 5.32 Å². The van der Waals surface area contributed by atoms with Gasteiger partial charge in [-0.15, -0.1) is 10.2 Å². The Bertz CT molecular complexity index is 979. The number of aryl methyl sites for hydroxylation is 2. The van der Waals surface area contributed by atoms with E-state index in [0.717, 1.165) is 16.8 Å². The van der Waals surface area contributed by atoms with Crippen molar-refractivity contribution in [3.8, 4) is 11.3 Å². The van der Waals surface area contributed by atoms with E-state index in [1.54, 1.807) is 0 Å². The van der Waals surface area contributed by atoms with Crippen LogP contribution in [-0.2, 0) is 4.79 Å². The second-order valence-electron chi connectivity index (χ2n) is 6.04. The number of benzene rings is 2. The second kappa shape index (κ2) is 8.50. The molecule has 0 aliphatic rings. The van der Waals surface area contributed by atoms with Gasteiger partial charge in [-0.1, -0.05) is 47.1 Å². The molecule has 138 valence electrons. The zero-order valence-corrected chi connectivity index (χ0v) is 16.4. The van der Waals surface area contributed by atoms with E-state index in [1.807, 2.05) is 38.1 Å². The third-order valence-corrected chi connectivity index (χ3v) is 5.06. The molecule has 2 aromatic carbocycles. The molecular weight excluding hydrogens is 385 g/mol. The van der Waals surface area contributed by atoms with Crippen LogP contribution in [0.15, 0.2) is 53.6 Å². The van der Waals surface area contributed by atoms with Gasteiger partial charge in [0.05, 0.1) is 16.5 Å². The lowest BCUT2D eigenvalue weighted by Crippen LogP contribution is -2.14. The van der Waals surface area contributed by atoms with Crippen molar-refractivity contribution in [3.05, 3.63) is 70.5 Å². The molecule has 4 nitrogen and oxygen atoms in total. The van der Waals surface area contributed by atoms with Crippen molar-refractivity contribution in [2.45, 2.75) is 18.9 Å². The molecule has 1 N–H and O–H groups in total. The van der Waals surface area contributed by atoms with Gasteiger partial charge in [-0.2, -0.15) is 0 Å². The topological polar surface area (TPSA) is 54.9 Å². The molecule has 27 heavy (non-hydrogen) atoms. The Labute approximate surface area is 166 Å². The van der Waals surface area contributed by atoms with E-state index < -0.39 is 5.82 Å². The maximum atomic E-state index is 13.1. The summed E-state index contributed by atoms with van der Waals surface area (Å²) in [7, 11) is 0. The molecule has 3 aromatic rings. The van der Waals surface area contributed by atoms with Crippen LogP contribution in [0, 0.1) is 19.7 Å². The highest BCUT2D eigenvalue weighted by atomic mass is 35.5. The standard InChI is InChI=1S/C20H17ClFN3OS/c1-12-3-5-15(13(2)9-12)18-7-8-20(25-24-18)27-11-19(26)23-14-4-6-17(22)16(21)10-14/h3-10H,11H2,1-2H3,(H,23,26). The zero-order valence-electron chi connectivity index (χ0n) is 14.8. The van der Waals surface area contributed by atoms with Crippen molar-refractivity contribution in [2.75, 3.05) is 11.1 Å². The van der Waals surface area contributed by atoms with Crippen molar-refractivity contribution in [3.63, 3.8) is 0 Å². The molecule has 1 aromatic heterocycles. The van der Waals surface area contributed by atoms with E-state index in [-0.39, 0.29) is 16.7 Å². The first-order valence-electron chi connectivity index (χ1n) is 8.21. The Kier molecular flexibility index (Phi) is 6.08. The molecule has 3 rings (SSSR count). The predicted octanol–water partition coefficient (Wildman–Crippen LogP) is 5.28. The summed E-state index contributed by atoms with van der Waals surface area (Å²) in [6, 6.07) is 14.0. The number of nitrogens with zero attached hydrogens (tertiary/aromatic N) is 2. The minimum absolute atomic E-state index is 0.0340. The molecular formula is C20H17ClFN3OS. The van der Waals surface area contributed by atoms with Crippen LogP contribution >= 0.6 is 23.4 Å². The van der Waals surface area contributed by atoms with E-state index in [4.69, 9.17) is 11.6 Å². The molecule has 1 heterocycles. The molecule has 0 saturated heterocycles. The molecule has 0 atom stereocenters. The van der Waals surface area contributed by atoms with E-state index in [0.29, 0.717) is 10.7 Å². The lowest BCUT2D eigenvalue weighted by molar-refractivity contribution is -0.113. The number of aromatic nitrogens is 2. The van der Waals surface area contributed by atoms with E-state index in [2.05, 4.69) is 21.6 Å². The molecule has 0 spiro atoms. The first-order valence-corrected chi connectivity index (χ1v) is 9.58. The fraction of sp³-hybridized carbons (Fsp3) is 0.150. The second-order valence-corrected chi connectivity index (χ2v) is 7.44. The van der Waals surface area contributed by atoms with Crippen molar-refractivity contribution < 1.29 is 9.18 Å². The summed E-state index contributed by atoms with van der Waals surface area (Å²) in [5, 5.41) is 11.7. The number of nitrogens with one attached hydrogen (secondary N) is 1. The lowest BCUT2D eigenvalue weighted by atomic mass is 10.0. The van der Waals surface area contributed by atoms with Crippen LogP contribution in [-0.4, -0.2) is 21.9 Å². The average molecular weight is 402 g/mol. The largest absolute Gasteiger partial charge is 0.325 e. The van der Waals surface area contributed by atoms with E-state index in [9.17, 15) is 9.18 Å². The summed E-state index contributed by atoms with van der Waals surface area (Å²) in [6.07, 6.45) is 0. The lowest BCUT2D eigenvalue weighted by Gasteiger charge is -2.07. The molecule has 0 aliphatic heterocycles. The number of halogens is 2. The number of anilines is 1. The van der Waals surface area contributed by atoms with E-state index in [1.165, 1.54) is 35.5 Å². The molecule has 0 fully saturated rings. The number of carbonyl (C=O) groups is 1. The average Bonchev–Trinajstić information content (AvgIpc) is 2.64. The quantitative estimate of drug-likeness (QED) is 0.590.